The summed E-state index contributed by atoms with van der Waals surface area (Å²) in [5, 5.41) is 0. The highest BCUT2D eigenvalue weighted by atomic mass is 32.2. The van der Waals surface area contributed by atoms with Gasteiger partial charge in [0.25, 0.3) is 0 Å². The lowest BCUT2D eigenvalue weighted by Gasteiger charge is -2.15. The van der Waals surface area contributed by atoms with Crippen LogP contribution in [0.2, 0.25) is 0 Å². The van der Waals surface area contributed by atoms with E-state index >= 15 is 0 Å². The van der Waals surface area contributed by atoms with Crippen LogP contribution in [0.3, 0.4) is 0 Å². The molecule has 6 rings (SSSR count). The first-order valence-electron chi connectivity index (χ1n) is 12.8. The van der Waals surface area contributed by atoms with Gasteiger partial charge in [-0.25, -0.2) is 8.42 Å². The summed E-state index contributed by atoms with van der Waals surface area (Å²) in [7, 11) is -3.55. The van der Waals surface area contributed by atoms with E-state index in [0.717, 1.165) is 41.7 Å². The van der Waals surface area contributed by atoms with E-state index in [9.17, 15) is 18.0 Å². The molecule has 4 aromatic carbocycles. The largest absolute Gasteiger partial charge is 0.294 e. The number of Topliss-reactive ketones (excluding diaryl/α,β-unsaturated/α-hetero) is 2. The second-order valence-corrected chi connectivity index (χ2v) is 12.5. The minimum Gasteiger partial charge on any atom is -0.294 e. The van der Waals surface area contributed by atoms with Crippen LogP contribution >= 0.6 is 11.8 Å². The molecule has 0 fully saturated rings. The van der Waals surface area contributed by atoms with E-state index in [2.05, 4.69) is 30.3 Å². The predicted molar refractivity (Wildman–Crippen MR) is 157 cm³/mol. The van der Waals surface area contributed by atoms with Gasteiger partial charge in [0.1, 0.15) is 0 Å². The molecule has 0 spiro atoms. The number of carbonyl (C=O) groups is 2. The van der Waals surface area contributed by atoms with Crippen molar-refractivity contribution in [1.82, 2.24) is 0 Å². The minimum atomic E-state index is -3.55. The molecule has 0 aromatic heterocycles. The van der Waals surface area contributed by atoms with Gasteiger partial charge in [0.05, 0.1) is 9.79 Å². The van der Waals surface area contributed by atoms with Gasteiger partial charge in [0.15, 0.2) is 11.6 Å². The number of hydrogen-bond donors (Lipinski definition) is 0. The van der Waals surface area contributed by atoms with Crippen molar-refractivity contribution in [3.8, 4) is 0 Å². The zero-order valence-electron chi connectivity index (χ0n) is 20.9. The van der Waals surface area contributed by atoms with Crippen molar-refractivity contribution in [1.29, 1.82) is 0 Å². The number of fused-ring (bicyclic) bond motifs is 2. The van der Waals surface area contributed by atoms with Crippen LogP contribution in [0.1, 0.15) is 65.0 Å². The molecule has 4 nitrogen and oxygen atoms in total. The maximum absolute atomic E-state index is 12.5. The summed E-state index contributed by atoms with van der Waals surface area (Å²) >= 11 is 1.71. The number of rotatable bonds is 4. The number of aryl methyl sites for hydroxylation is 2. The molecule has 0 saturated carbocycles. The first-order chi connectivity index (χ1) is 18.4. The lowest BCUT2D eigenvalue weighted by atomic mass is 9.91. The fourth-order valence-corrected chi connectivity index (χ4v) is 6.99. The summed E-state index contributed by atoms with van der Waals surface area (Å²) in [5.41, 5.74) is 3.66. The zero-order chi connectivity index (χ0) is 26.5. The fraction of sp³-hybridized carbons (Fsp3) is 0.212. The third kappa shape index (κ3) is 6.57. The Morgan fingerprint density at radius 3 is 1.69 bits per heavy atom. The Kier molecular flexibility index (Phi) is 9.20. The number of sulfone groups is 1. The van der Waals surface area contributed by atoms with Crippen LogP contribution in [0.4, 0.5) is 0 Å². The summed E-state index contributed by atoms with van der Waals surface area (Å²) in [6.07, 6.45) is 4.92. The molecule has 0 aliphatic heterocycles. The predicted octanol–water partition coefficient (Wildman–Crippen LogP) is 8.03. The summed E-state index contributed by atoms with van der Waals surface area (Å²) in [6.45, 7) is 0. The third-order valence-electron chi connectivity index (χ3n) is 6.81. The third-order valence-corrected chi connectivity index (χ3v) is 9.57. The highest BCUT2D eigenvalue weighted by Gasteiger charge is 2.23. The zero-order valence-corrected chi connectivity index (χ0v) is 22.6. The first-order valence-corrected chi connectivity index (χ1v) is 15.1. The van der Waals surface area contributed by atoms with Crippen LogP contribution in [0.5, 0.6) is 0 Å². The van der Waals surface area contributed by atoms with E-state index in [0.29, 0.717) is 24.2 Å². The van der Waals surface area contributed by atoms with Gasteiger partial charge in [0.2, 0.25) is 9.84 Å². The van der Waals surface area contributed by atoms with E-state index in [-0.39, 0.29) is 23.0 Å². The molecule has 0 saturated heterocycles. The van der Waals surface area contributed by atoms with Crippen LogP contribution < -0.4 is 0 Å². The minimum absolute atomic E-state index is 0. The van der Waals surface area contributed by atoms with Crippen molar-refractivity contribution in [2.75, 3.05) is 0 Å². The average Bonchev–Trinajstić information content (AvgIpc) is 2.95. The van der Waals surface area contributed by atoms with E-state index in [1.165, 1.54) is 16.5 Å². The number of ketones is 2. The quantitative estimate of drug-likeness (QED) is 0.254. The number of carbonyl (C=O) groups excluding carboxylic acids is 2. The molecule has 0 amide bonds. The Hall–Kier alpha value is -3.48. The summed E-state index contributed by atoms with van der Waals surface area (Å²) in [5.74, 6) is 0.336. The molecule has 0 atom stereocenters. The second-order valence-electron chi connectivity index (χ2n) is 9.42. The number of benzene rings is 4. The van der Waals surface area contributed by atoms with Gasteiger partial charge >= 0.3 is 0 Å². The Balaban J connectivity index is 0.000000177. The van der Waals surface area contributed by atoms with Crippen molar-refractivity contribution in [3.63, 3.8) is 0 Å². The fourth-order valence-electron chi connectivity index (χ4n) is 4.81. The van der Waals surface area contributed by atoms with Gasteiger partial charge in [0, 0.05) is 33.8 Å². The first kappa shape index (κ1) is 28.5. The van der Waals surface area contributed by atoms with Crippen LogP contribution in [0.15, 0.2) is 117 Å². The van der Waals surface area contributed by atoms with Crippen molar-refractivity contribution >= 4 is 33.2 Å². The SMILES string of the molecule is C.O=C1CCCc2ccc(S(=O)(=O)c3ccccc3)cc21.O=C1CCCc2ccc(Sc3ccccc3)cc21. The molecular formula is C33H32O4S2. The van der Waals surface area contributed by atoms with Crippen molar-refractivity contribution in [3.05, 3.63) is 119 Å². The summed E-state index contributed by atoms with van der Waals surface area (Å²) in [6, 6.07) is 29.7. The highest BCUT2D eigenvalue weighted by molar-refractivity contribution is 7.99. The molecule has 0 unspecified atom stereocenters. The molecule has 0 heterocycles. The van der Waals surface area contributed by atoms with Crippen LogP contribution in [0.25, 0.3) is 0 Å². The van der Waals surface area contributed by atoms with E-state index in [1.54, 1.807) is 54.2 Å². The normalized spacial score (nSPS) is 14.3. The van der Waals surface area contributed by atoms with Crippen LogP contribution in [-0.4, -0.2) is 20.0 Å². The molecule has 6 heteroatoms. The lowest BCUT2D eigenvalue weighted by molar-refractivity contribution is 0.0964. The highest BCUT2D eigenvalue weighted by Crippen LogP contribution is 2.31. The Morgan fingerprint density at radius 1 is 0.538 bits per heavy atom. The van der Waals surface area contributed by atoms with Gasteiger partial charge < -0.3 is 0 Å². The average molecular weight is 557 g/mol. The Morgan fingerprint density at radius 2 is 1.08 bits per heavy atom. The maximum atomic E-state index is 12.5. The smallest absolute Gasteiger partial charge is 0.206 e. The molecule has 4 aromatic rings. The topological polar surface area (TPSA) is 68.3 Å². The summed E-state index contributed by atoms with van der Waals surface area (Å²) < 4.78 is 25.0. The molecule has 0 bridgehead atoms. The van der Waals surface area contributed by atoms with Crippen molar-refractivity contribution in [2.24, 2.45) is 0 Å². The van der Waals surface area contributed by atoms with Crippen molar-refractivity contribution in [2.45, 2.75) is 65.5 Å². The maximum Gasteiger partial charge on any atom is 0.206 e. The van der Waals surface area contributed by atoms with Crippen LogP contribution in [0, 0.1) is 0 Å². The summed E-state index contributed by atoms with van der Waals surface area (Å²) in [4.78, 5) is 26.6. The van der Waals surface area contributed by atoms with Crippen molar-refractivity contribution < 1.29 is 18.0 Å². The Bertz CT molecular complexity index is 1580. The van der Waals surface area contributed by atoms with Gasteiger partial charge in [-0.15, -0.1) is 0 Å². The standard InChI is InChI=1S/C16H14O3S.C16H14OS.CH4/c17-16-8-4-5-12-9-10-14(11-15(12)16)20(18,19)13-6-2-1-3-7-13;17-16-8-4-5-12-9-10-14(11-15(12)16)18-13-6-2-1-3-7-13;/h1-3,6-7,9-11H,4-5,8H2;1-3,6-7,9-11H,4-5,8H2;1H4. The van der Waals surface area contributed by atoms with Gasteiger partial charge in [-0.05, 0) is 85.3 Å². The van der Waals surface area contributed by atoms with Crippen LogP contribution in [-0.2, 0) is 22.7 Å². The molecule has 0 radical (unpaired) electrons. The lowest BCUT2D eigenvalue weighted by Crippen LogP contribution is -2.12. The molecule has 2 aliphatic carbocycles. The van der Waals surface area contributed by atoms with Gasteiger partial charge in [-0.2, -0.15) is 0 Å². The van der Waals surface area contributed by atoms with Gasteiger partial charge in [-0.3, -0.25) is 9.59 Å². The van der Waals surface area contributed by atoms with E-state index in [4.69, 9.17) is 0 Å². The molecule has 200 valence electrons. The monoisotopic (exact) mass is 556 g/mol. The van der Waals surface area contributed by atoms with E-state index in [1.807, 2.05) is 18.2 Å². The molecule has 0 N–H and O–H groups in total. The molecule has 39 heavy (non-hydrogen) atoms. The number of hydrogen-bond acceptors (Lipinski definition) is 5. The second kappa shape index (κ2) is 12.6. The molecule has 2 aliphatic rings. The van der Waals surface area contributed by atoms with E-state index < -0.39 is 9.84 Å². The molecular weight excluding hydrogens is 524 g/mol. The Labute approximate surface area is 235 Å². The van der Waals surface area contributed by atoms with Gasteiger partial charge in [-0.1, -0.05) is 67.7 Å².